The number of anilines is 4. The minimum absolute atomic E-state index is 0.139. The normalized spacial score (nSPS) is 17.7. The molecule has 3 heteroatoms. The number of rotatable bonds is 7. The van der Waals surface area contributed by atoms with Crippen LogP contribution in [0.1, 0.15) is 26.7 Å². The molecule has 0 amide bonds. The lowest BCUT2D eigenvalue weighted by molar-refractivity contribution is 0.527. The van der Waals surface area contributed by atoms with Crippen molar-refractivity contribution in [2.24, 2.45) is 5.92 Å². The summed E-state index contributed by atoms with van der Waals surface area (Å²) in [6.45, 7) is 4.70. The molecular weight excluding hydrogens is 733 g/mol. The maximum atomic E-state index is 2.60. The fourth-order valence-corrected chi connectivity index (χ4v) is 10.9. The lowest BCUT2D eigenvalue weighted by Crippen LogP contribution is -2.45. The third-order valence-corrected chi connectivity index (χ3v) is 13.6. The molecule has 0 saturated carbocycles. The van der Waals surface area contributed by atoms with Crippen LogP contribution in [-0.2, 0) is 0 Å². The maximum absolute atomic E-state index is 2.60. The molecule has 0 aliphatic heterocycles. The van der Waals surface area contributed by atoms with Crippen molar-refractivity contribution in [3.05, 3.63) is 206 Å². The standard InChI is InChI=1S/C56H44N2S/c1-38-15-13-20-44(35-38)58(56(2)33-11-4-12-34-56)45-30-32-50-53(37-45)59-55-49-31-27-41(36-51(49)47-22-9-10-23-48(47)54(50)55)39-25-28-43(29-26-39)57(42-18-5-3-6-19-42)52-24-14-17-40-16-7-8-21-46(40)52/h3-33,36-38H,34-35H2,1-2H3. The Morgan fingerprint density at radius 1 is 0.576 bits per heavy atom. The van der Waals surface area contributed by atoms with Gasteiger partial charge in [-0.3, -0.25) is 0 Å². The Morgan fingerprint density at radius 3 is 2.10 bits per heavy atom. The number of hydrogen-bond donors (Lipinski definition) is 0. The van der Waals surface area contributed by atoms with Crippen molar-refractivity contribution in [3.8, 4) is 11.1 Å². The summed E-state index contributed by atoms with van der Waals surface area (Å²) in [6.07, 6.45) is 18.0. The van der Waals surface area contributed by atoms with Gasteiger partial charge < -0.3 is 9.80 Å². The molecule has 59 heavy (non-hydrogen) atoms. The van der Waals surface area contributed by atoms with Crippen LogP contribution >= 0.6 is 11.3 Å². The van der Waals surface area contributed by atoms with E-state index in [-0.39, 0.29) is 5.54 Å². The first kappa shape index (κ1) is 35.5. The highest BCUT2D eigenvalue weighted by atomic mass is 32.1. The summed E-state index contributed by atoms with van der Waals surface area (Å²) in [6, 6.07) is 58.3. The Balaban J connectivity index is 1.02. The van der Waals surface area contributed by atoms with Gasteiger partial charge in [0.25, 0.3) is 0 Å². The molecule has 0 saturated heterocycles. The third kappa shape index (κ3) is 6.08. The summed E-state index contributed by atoms with van der Waals surface area (Å²) >= 11 is 1.94. The van der Waals surface area contributed by atoms with E-state index >= 15 is 0 Å². The zero-order valence-electron chi connectivity index (χ0n) is 33.3. The number of allylic oxidation sites excluding steroid dienone is 6. The molecule has 0 N–H and O–H groups in total. The lowest BCUT2D eigenvalue weighted by atomic mass is 9.87. The molecule has 0 bridgehead atoms. The van der Waals surface area contributed by atoms with Gasteiger partial charge in [0.05, 0.1) is 11.2 Å². The first-order valence-electron chi connectivity index (χ1n) is 20.8. The van der Waals surface area contributed by atoms with E-state index in [4.69, 9.17) is 0 Å². The minimum Gasteiger partial charge on any atom is -0.335 e. The Labute approximate surface area is 350 Å². The van der Waals surface area contributed by atoms with E-state index in [1.54, 1.807) is 0 Å². The van der Waals surface area contributed by atoms with Crippen LogP contribution in [0.25, 0.3) is 63.6 Å². The number of nitrogens with zero attached hydrogens (tertiary/aromatic N) is 2. The number of para-hydroxylation sites is 1. The minimum atomic E-state index is -0.139. The fourth-order valence-electron chi connectivity index (χ4n) is 9.63. The van der Waals surface area contributed by atoms with E-state index in [2.05, 4.69) is 224 Å². The molecular formula is C56H44N2S. The van der Waals surface area contributed by atoms with Gasteiger partial charge in [-0.15, -0.1) is 11.3 Å². The molecule has 284 valence electrons. The van der Waals surface area contributed by atoms with E-state index < -0.39 is 0 Å². The van der Waals surface area contributed by atoms with Crippen molar-refractivity contribution in [2.45, 2.75) is 32.2 Å². The summed E-state index contributed by atoms with van der Waals surface area (Å²) in [5.41, 5.74) is 8.34. The first-order valence-corrected chi connectivity index (χ1v) is 21.6. The second kappa shape index (κ2) is 14.3. The molecule has 2 nitrogen and oxygen atoms in total. The largest absolute Gasteiger partial charge is 0.335 e. The SMILES string of the molecule is CC1C=CC=C(N(c2ccc3c(c2)sc2c4ccc(-c5ccc(N(c6ccccc6)c6cccc7ccccc67)cc5)cc4c4ccccc4c32)C2(C)C=CC=CC2)C1. The molecule has 2 aliphatic carbocycles. The Hall–Kier alpha value is -6.68. The lowest BCUT2D eigenvalue weighted by Gasteiger charge is -2.44. The van der Waals surface area contributed by atoms with Crippen molar-refractivity contribution in [1.29, 1.82) is 0 Å². The van der Waals surface area contributed by atoms with Crippen LogP contribution in [0, 0.1) is 5.92 Å². The van der Waals surface area contributed by atoms with E-state index in [1.807, 2.05) is 11.3 Å². The van der Waals surface area contributed by atoms with Crippen LogP contribution in [-0.4, -0.2) is 5.54 Å². The van der Waals surface area contributed by atoms with Gasteiger partial charge in [0.15, 0.2) is 0 Å². The van der Waals surface area contributed by atoms with Crippen LogP contribution in [0.2, 0.25) is 0 Å². The van der Waals surface area contributed by atoms with Gasteiger partial charge >= 0.3 is 0 Å². The van der Waals surface area contributed by atoms with E-state index in [0.717, 1.165) is 24.2 Å². The summed E-state index contributed by atoms with van der Waals surface area (Å²) in [7, 11) is 0. The smallest absolute Gasteiger partial charge is 0.0639 e. The third-order valence-electron chi connectivity index (χ3n) is 12.5. The van der Waals surface area contributed by atoms with E-state index in [1.165, 1.54) is 80.7 Å². The Bertz CT molecular complexity index is 3200. The zero-order valence-corrected chi connectivity index (χ0v) is 34.2. The molecule has 11 rings (SSSR count). The zero-order chi connectivity index (χ0) is 39.5. The average molecular weight is 777 g/mol. The topological polar surface area (TPSA) is 6.48 Å². The highest BCUT2D eigenvalue weighted by molar-refractivity contribution is 7.27. The number of thiophene rings is 1. The molecule has 0 radical (unpaired) electrons. The predicted octanol–water partition coefficient (Wildman–Crippen LogP) is 16.2. The van der Waals surface area contributed by atoms with Crippen LogP contribution in [0.3, 0.4) is 0 Å². The van der Waals surface area contributed by atoms with Gasteiger partial charge in [-0.05, 0) is 113 Å². The van der Waals surface area contributed by atoms with E-state index in [9.17, 15) is 0 Å². The molecule has 2 atom stereocenters. The summed E-state index contributed by atoms with van der Waals surface area (Å²) in [4.78, 5) is 4.97. The van der Waals surface area contributed by atoms with Gasteiger partial charge in [0.1, 0.15) is 0 Å². The monoisotopic (exact) mass is 776 g/mol. The Morgan fingerprint density at radius 2 is 1.29 bits per heavy atom. The molecule has 0 fully saturated rings. The summed E-state index contributed by atoms with van der Waals surface area (Å²) < 4.78 is 2.68. The highest BCUT2D eigenvalue weighted by Crippen LogP contribution is 2.47. The molecule has 8 aromatic carbocycles. The van der Waals surface area contributed by atoms with E-state index in [0.29, 0.717) is 5.92 Å². The number of benzene rings is 8. The molecule has 1 aromatic heterocycles. The van der Waals surface area contributed by atoms with Gasteiger partial charge in [-0.1, -0.05) is 153 Å². The molecule has 2 unspecified atom stereocenters. The van der Waals surface area contributed by atoms with Crippen molar-refractivity contribution < 1.29 is 0 Å². The number of fused-ring (bicyclic) bond motifs is 9. The molecule has 0 spiro atoms. The first-order chi connectivity index (χ1) is 29.0. The van der Waals surface area contributed by atoms with Crippen molar-refractivity contribution in [3.63, 3.8) is 0 Å². The van der Waals surface area contributed by atoms with Crippen LogP contribution < -0.4 is 9.80 Å². The van der Waals surface area contributed by atoms with Crippen molar-refractivity contribution >= 4 is 86.6 Å². The van der Waals surface area contributed by atoms with Gasteiger partial charge in [-0.25, -0.2) is 0 Å². The predicted molar refractivity (Wildman–Crippen MR) is 257 cm³/mol. The number of hydrogen-bond acceptors (Lipinski definition) is 3. The fraction of sp³-hybridized carbons (Fsp3) is 0.107. The molecule has 2 aliphatic rings. The van der Waals surface area contributed by atoms with Crippen LogP contribution in [0.4, 0.5) is 22.7 Å². The summed E-state index contributed by atoms with van der Waals surface area (Å²) in [5.74, 6) is 0.511. The molecule has 1 heterocycles. The second-order valence-corrected chi connectivity index (χ2v) is 17.5. The maximum Gasteiger partial charge on any atom is 0.0639 e. The second-order valence-electron chi connectivity index (χ2n) is 16.4. The van der Waals surface area contributed by atoms with Crippen LogP contribution in [0.5, 0.6) is 0 Å². The van der Waals surface area contributed by atoms with Gasteiger partial charge in [-0.2, -0.15) is 0 Å². The van der Waals surface area contributed by atoms with Crippen LogP contribution in [0.15, 0.2) is 206 Å². The average Bonchev–Trinajstić information content (AvgIpc) is 3.67. The summed E-state index contributed by atoms with van der Waals surface area (Å²) in [5, 5.41) is 10.4. The van der Waals surface area contributed by atoms with Crippen molar-refractivity contribution in [1.82, 2.24) is 0 Å². The molecule has 9 aromatic rings. The van der Waals surface area contributed by atoms with Gasteiger partial charge in [0.2, 0.25) is 0 Å². The highest BCUT2D eigenvalue weighted by Gasteiger charge is 2.33. The van der Waals surface area contributed by atoms with Gasteiger partial charge in [0, 0.05) is 53.7 Å². The quantitative estimate of drug-likeness (QED) is 0.149. The Kier molecular flexibility index (Phi) is 8.60. The van der Waals surface area contributed by atoms with Crippen molar-refractivity contribution in [2.75, 3.05) is 9.80 Å².